The van der Waals surface area contributed by atoms with Crippen LogP contribution < -0.4 is 0 Å². The van der Waals surface area contributed by atoms with E-state index < -0.39 is 0 Å². The summed E-state index contributed by atoms with van der Waals surface area (Å²) in [5.41, 5.74) is 6.39. The first-order valence-corrected chi connectivity index (χ1v) is 10.1. The predicted molar refractivity (Wildman–Crippen MR) is 108 cm³/mol. The van der Waals surface area contributed by atoms with Gasteiger partial charge in [-0.05, 0) is 30.5 Å². The van der Waals surface area contributed by atoms with Crippen LogP contribution in [-0.2, 0) is 33.8 Å². The van der Waals surface area contributed by atoms with Crippen LogP contribution in [0.1, 0.15) is 41.7 Å². The molecule has 0 radical (unpaired) electrons. The maximum absolute atomic E-state index is 12.7. The lowest BCUT2D eigenvalue weighted by molar-refractivity contribution is -0.112. The van der Waals surface area contributed by atoms with Gasteiger partial charge in [-0.3, -0.25) is 9.69 Å². The molecule has 0 spiro atoms. The van der Waals surface area contributed by atoms with Crippen molar-refractivity contribution in [3.05, 3.63) is 70.3 Å². The van der Waals surface area contributed by atoms with Crippen LogP contribution in [0.2, 0.25) is 0 Å². The Labute approximate surface area is 165 Å². The summed E-state index contributed by atoms with van der Waals surface area (Å²) in [6, 6.07) is 14.6. The van der Waals surface area contributed by atoms with Crippen molar-refractivity contribution in [3.63, 3.8) is 0 Å². The van der Waals surface area contributed by atoms with Crippen LogP contribution in [0, 0.1) is 0 Å². The summed E-state index contributed by atoms with van der Waals surface area (Å²) >= 11 is 0. The van der Waals surface area contributed by atoms with Gasteiger partial charge in [-0.25, -0.2) is 0 Å². The fourth-order valence-corrected chi connectivity index (χ4v) is 4.77. The Balaban J connectivity index is 1.44. The molecule has 0 N–H and O–H groups in total. The second-order valence-corrected chi connectivity index (χ2v) is 8.19. The van der Waals surface area contributed by atoms with E-state index in [4.69, 9.17) is 9.47 Å². The van der Waals surface area contributed by atoms with Crippen molar-refractivity contribution in [1.82, 2.24) is 4.90 Å². The van der Waals surface area contributed by atoms with Crippen molar-refractivity contribution in [3.8, 4) is 0 Å². The standard InChI is InChI=1S/C24H25NO3/c1-15-11-25(12-16(2)28-15)13-17-7-8-21-19(9-17)14-27-24(21)23-20-6-4-3-5-18(20)10-22(23)26/h3-9,15-16H,10-14H2,1-2H3/b24-23+. The average molecular weight is 375 g/mol. The monoisotopic (exact) mass is 375 g/mol. The van der Waals surface area contributed by atoms with Crippen molar-refractivity contribution in [2.45, 2.75) is 45.6 Å². The summed E-state index contributed by atoms with van der Waals surface area (Å²) in [6.07, 6.45) is 1.01. The van der Waals surface area contributed by atoms with Crippen LogP contribution in [0.15, 0.2) is 42.5 Å². The lowest BCUT2D eigenvalue weighted by Crippen LogP contribution is -2.44. The van der Waals surface area contributed by atoms with Crippen molar-refractivity contribution in [2.24, 2.45) is 0 Å². The Kier molecular flexibility index (Phi) is 4.33. The molecule has 2 heterocycles. The number of allylic oxidation sites excluding steroid dienone is 1. The minimum Gasteiger partial charge on any atom is -0.487 e. The van der Waals surface area contributed by atoms with Crippen molar-refractivity contribution >= 4 is 17.1 Å². The van der Waals surface area contributed by atoms with E-state index in [0.29, 0.717) is 13.0 Å². The molecule has 2 aliphatic heterocycles. The summed E-state index contributed by atoms with van der Waals surface area (Å²) in [5.74, 6) is 0.912. The van der Waals surface area contributed by atoms with E-state index in [1.54, 1.807) is 0 Å². The van der Waals surface area contributed by atoms with E-state index in [1.165, 1.54) is 11.1 Å². The molecule has 2 unspecified atom stereocenters. The molecule has 1 aliphatic carbocycles. The van der Waals surface area contributed by atoms with Gasteiger partial charge in [-0.15, -0.1) is 0 Å². The van der Waals surface area contributed by atoms with E-state index in [2.05, 4.69) is 36.9 Å². The zero-order valence-corrected chi connectivity index (χ0v) is 16.4. The Morgan fingerprint density at radius 2 is 1.79 bits per heavy atom. The van der Waals surface area contributed by atoms with Crippen LogP contribution in [0.25, 0.3) is 11.3 Å². The van der Waals surface area contributed by atoms with Crippen molar-refractivity contribution < 1.29 is 14.3 Å². The first kappa shape index (κ1) is 17.7. The largest absolute Gasteiger partial charge is 0.487 e. The third-order valence-electron chi connectivity index (χ3n) is 5.83. The van der Waals surface area contributed by atoms with E-state index in [9.17, 15) is 4.79 Å². The van der Waals surface area contributed by atoms with Gasteiger partial charge >= 0.3 is 0 Å². The summed E-state index contributed by atoms with van der Waals surface area (Å²) in [4.78, 5) is 15.1. The highest BCUT2D eigenvalue weighted by molar-refractivity contribution is 6.31. The molecule has 28 heavy (non-hydrogen) atoms. The molecule has 4 heteroatoms. The molecule has 2 atom stereocenters. The number of hydrogen-bond donors (Lipinski definition) is 0. The van der Waals surface area contributed by atoms with E-state index >= 15 is 0 Å². The number of morpholine rings is 1. The Morgan fingerprint density at radius 1 is 1.00 bits per heavy atom. The van der Waals surface area contributed by atoms with Gasteiger partial charge in [0.1, 0.15) is 12.4 Å². The fourth-order valence-electron chi connectivity index (χ4n) is 4.77. The molecule has 0 saturated carbocycles. The number of hydrogen-bond acceptors (Lipinski definition) is 4. The number of nitrogens with zero attached hydrogens (tertiary/aromatic N) is 1. The van der Waals surface area contributed by atoms with Gasteiger partial charge in [-0.1, -0.05) is 42.5 Å². The van der Waals surface area contributed by atoms with Crippen LogP contribution in [-0.4, -0.2) is 36.0 Å². The quantitative estimate of drug-likeness (QED) is 0.748. The fraction of sp³-hybridized carbons (Fsp3) is 0.375. The number of ether oxygens (including phenoxy) is 2. The molecular weight excluding hydrogens is 350 g/mol. The number of benzene rings is 2. The molecule has 3 aliphatic rings. The summed E-state index contributed by atoms with van der Waals surface area (Å²) in [6.45, 7) is 7.63. The molecule has 2 aromatic carbocycles. The van der Waals surface area contributed by atoms with Crippen LogP contribution >= 0.6 is 0 Å². The van der Waals surface area contributed by atoms with Gasteiger partial charge in [0.15, 0.2) is 5.78 Å². The van der Waals surface area contributed by atoms with Crippen LogP contribution in [0.4, 0.5) is 0 Å². The first-order valence-electron chi connectivity index (χ1n) is 10.1. The molecule has 0 aromatic heterocycles. The van der Waals surface area contributed by atoms with E-state index in [1.807, 2.05) is 24.3 Å². The lowest BCUT2D eigenvalue weighted by Gasteiger charge is -2.35. The SMILES string of the molecule is CC1CN(Cc2ccc3c(c2)CO/C3=C2/C(=O)Cc3ccccc32)CC(C)O1. The van der Waals surface area contributed by atoms with Gasteiger partial charge in [0.05, 0.1) is 17.8 Å². The molecular formula is C24H25NO3. The first-order chi connectivity index (χ1) is 13.6. The maximum atomic E-state index is 12.7. The Bertz CT molecular complexity index is 968. The normalized spacial score (nSPS) is 26.9. The number of rotatable bonds is 2. The number of carbonyl (C=O) groups excluding carboxylic acids is 1. The van der Waals surface area contributed by atoms with Gasteiger partial charge in [0, 0.05) is 37.2 Å². The Hall–Kier alpha value is -2.43. The van der Waals surface area contributed by atoms with E-state index in [0.717, 1.165) is 47.7 Å². The summed E-state index contributed by atoms with van der Waals surface area (Å²) < 4.78 is 11.9. The third kappa shape index (κ3) is 3.07. The van der Waals surface area contributed by atoms with Gasteiger partial charge in [0.25, 0.3) is 0 Å². The summed E-state index contributed by atoms with van der Waals surface area (Å²) in [5, 5.41) is 0. The number of fused-ring (bicyclic) bond motifs is 2. The van der Waals surface area contributed by atoms with Crippen LogP contribution in [0.5, 0.6) is 0 Å². The van der Waals surface area contributed by atoms with E-state index in [-0.39, 0.29) is 18.0 Å². The maximum Gasteiger partial charge on any atom is 0.171 e. The smallest absolute Gasteiger partial charge is 0.171 e. The minimum atomic E-state index is 0.157. The molecule has 4 nitrogen and oxygen atoms in total. The molecule has 144 valence electrons. The molecule has 0 amide bonds. The van der Waals surface area contributed by atoms with Gasteiger partial charge < -0.3 is 9.47 Å². The highest BCUT2D eigenvalue weighted by atomic mass is 16.5. The molecule has 0 bridgehead atoms. The number of carbonyl (C=O) groups is 1. The highest BCUT2D eigenvalue weighted by Crippen LogP contribution is 2.41. The lowest BCUT2D eigenvalue weighted by atomic mass is 9.99. The number of ketones is 1. The second kappa shape index (κ2) is 6.87. The predicted octanol–water partition coefficient (Wildman–Crippen LogP) is 3.82. The third-order valence-corrected chi connectivity index (χ3v) is 5.83. The topological polar surface area (TPSA) is 38.8 Å². The second-order valence-electron chi connectivity index (χ2n) is 8.19. The molecule has 1 saturated heterocycles. The molecule has 2 aromatic rings. The van der Waals surface area contributed by atoms with Crippen molar-refractivity contribution in [2.75, 3.05) is 13.1 Å². The molecule has 5 rings (SSSR count). The average Bonchev–Trinajstić information content (AvgIpc) is 3.20. The zero-order valence-electron chi connectivity index (χ0n) is 16.4. The Morgan fingerprint density at radius 3 is 2.61 bits per heavy atom. The molecule has 1 fully saturated rings. The minimum absolute atomic E-state index is 0.157. The van der Waals surface area contributed by atoms with Crippen LogP contribution in [0.3, 0.4) is 0 Å². The van der Waals surface area contributed by atoms with Gasteiger partial charge in [0.2, 0.25) is 0 Å². The highest BCUT2D eigenvalue weighted by Gasteiger charge is 2.32. The van der Waals surface area contributed by atoms with Crippen molar-refractivity contribution in [1.29, 1.82) is 0 Å². The number of Topliss-reactive ketones (excluding diaryl/α,β-unsaturated/α-hetero) is 1. The summed E-state index contributed by atoms with van der Waals surface area (Å²) in [7, 11) is 0. The van der Waals surface area contributed by atoms with Gasteiger partial charge in [-0.2, -0.15) is 0 Å². The zero-order chi connectivity index (χ0) is 19.3.